The molecule has 3 aromatic rings. The number of rotatable bonds is 3. The first-order chi connectivity index (χ1) is 19.4. The zero-order valence-electron chi connectivity index (χ0n) is 22.4. The molecule has 1 aliphatic heterocycles. The number of phenolic OH excluding ortho intramolecular Hbond substituents is 2. The molecule has 0 amide bonds. The van der Waals surface area contributed by atoms with E-state index in [-0.39, 0.29) is 65.4 Å². The van der Waals surface area contributed by atoms with Gasteiger partial charge in [-0.1, -0.05) is 47.5 Å². The second kappa shape index (κ2) is 12.0. The van der Waals surface area contributed by atoms with Gasteiger partial charge in [0.2, 0.25) is 11.5 Å². The summed E-state index contributed by atoms with van der Waals surface area (Å²) in [6.45, 7) is 1.72. The summed E-state index contributed by atoms with van der Waals surface area (Å²) in [5.74, 6) is -2.84. The minimum atomic E-state index is -1.33. The number of carbonyl (C=O) groups is 2. The van der Waals surface area contributed by atoms with Crippen molar-refractivity contribution in [3.05, 3.63) is 110 Å². The smallest absolute Gasteiger partial charge is 0.545 e. The summed E-state index contributed by atoms with van der Waals surface area (Å²) in [5, 5.41) is 54.9. The fourth-order valence-corrected chi connectivity index (χ4v) is 5.40. The van der Waals surface area contributed by atoms with Gasteiger partial charge in [-0.15, -0.1) is 0 Å². The van der Waals surface area contributed by atoms with E-state index in [1.54, 1.807) is 30.3 Å². The molecule has 5 N–H and O–H groups in total. The molecule has 0 radical (unpaired) electrons. The molecule has 0 bridgehead atoms. The molecule has 1 atom stereocenters. The Kier molecular flexibility index (Phi) is 9.03. The van der Waals surface area contributed by atoms with E-state index in [9.17, 15) is 35.1 Å². The molecule has 1 heterocycles. The first kappa shape index (κ1) is 31.5. The fourth-order valence-electron chi connectivity index (χ4n) is 4.94. The first-order valence-corrected chi connectivity index (χ1v) is 13.0. The number of phenols is 2. The number of aryl methyl sites for hydroxylation is 1. The van der Waals surface area contributed by atoms with Crippen molar-refractivity contribution in [3.8, 4) is 11.5 Å². The van der Waals surface area contributed by atoms with E-state index < -0.39 is 23.1 Å². The van der Waals surface area contributed by atoms with Crippen molar-refractivity contribution in [1.29, 1.82) is 0 Å². The number of halogens is 2. The number of fused-ring (bicyclic) bond motifs is 4. The van der Waals surface area contributed by atoms with Crippen molar-refractivity contribution in [3.63, 3.8) is 0 Å². The van der Waals surface area contributed by atoms with Crippen LogP contribution in [0.4, 0.5) is 11.4 Å². The molecule has 42 heavy (non-hydrogen) atoms. The van der Waals surface area contributed by atoms with Gasteiger partial charge < -0.3 is 40.4 Å². The number of carboxylic acid groups (broad SMARTS) is 1. The molecule has 2 aliphatic carbocycles. The fraction of sp³-hybridized carbons (Fsp3) is 0.133. The largest absolute Gasteiger partial charge is 1.00 e. The van der Waals surface area contributed by atoms with Crippen molar-refractivity contribution in [2.24, 2.45) is 0 Å². The average Bonchev–Trinajstić information content (AvgIpc) is 3.22. The third-order valence-electron chi connectivity index (χ3n) is 6.93. The third-order valence-corrected chi connectivity index (χ3v) is 7.73. The van der Waals surface area contributed by atoms with Crippen LogP contribution in [0.5, 0.6) is 11.5 Å². The maximum atomic E-state index is 11.5. The third kappa shape index (κ3) is 5.64. The first-order valence-electron chi connectivity index (χ1n) is 12.2. The van der Waals surface area contributed by atoms with Crippen LogP contribution in [0, 0.1) is 6.92 Å². The number of allylic oxidation sites excluding steroid dienone is 2. The van der Waals surface area contributed by atoms with Gasteiger partial charge in [-0.2, -0.15) is 0 Å². The van der Waals surface area contributed by atoms with Crippen LogP contribution in [0.3, 0.4) is 0 Å². The number of para-hydroxylation sites is 1. The molecular formula is C30H22Cl2NNaO8. The predicted molar refractivity (Wildman–Crippen MR) is 150 cm³/mol. The Morgan fingerprint density at radius 1 is 1.05 bits per heavy atom. The molecule has 6 rings (SSSR count). The number of aromatic carboxylic acids is 1. The number of anilines is 2. The van der Waals surface area contributed by atoms with Gasteiger partial charge in [0, 0.05) is 28.8 Å². The van der Waals surface area contributed by atoms with E-state index in [4.69, 9.17) is 27.9 Å². The molecule has 0 spiro atoms. The number of aliphatic hydroxyl groups is 2. The summed E-state index contributed by atoms with van der Waals surface area (Å²) in [6.07, 6.45) is 2.90. The monoisotopic (exact) mass is 617 g/mol. The number of ether oxygens (including phenoxy) is 1. The summed E-state index contributed by atoms with van der Waals surface area (Å²) in [6, 6.07) is 12.7. The average molecular weight is 618 g/mol. The van der Waals surface area contributed by atoms with Gasteiger partial charge in [-0.05, 0) is 60.0 Å². The van der Waals surface area contributed by atoms with Crippen LogP contribution in [0.2, 0.25) is 10.0 Å². The van der Waals surface area contributed by atoms with Gasteiger partial charge in [0.25, 0.3) is 0 Å². The number of carboxylic acids is 1. The van der Waals surface area contributed by atoms with Crippen molar-refractivity contribution >= 4 is 51.9 Å². The van der Waals surface area contributed by atoms with Crippen molar-refractivity contribution in [2.75, 3.05) is 11.9 Å². The number of aliphatic hydroxyl groups excluding tert-OH is 1. The molecule has 0 saturated carbocycles. The van der Waals surface area contributed by atoms with Crippen LogP contribution in [-0.2, 0) is 16.0 Å². The number of aromatic hydroxyl groups is 2. The maximum absolute atomic E-state index is 11.5. The molecular weight excluding hydrogens is 596 g/mol. The Morgan fingerprint density at radius 2 is 1.74 bits per heavy atom. The molecule has 210 valence electrons. The van der Waals surface area contributed by atoms with Gasteiger partial charge in [-0.3, -0.25) is 4.79 Å². The van der Waals surface area contributed by atoms with Crippen LogP contribution >= 0.6 is 23.2 Å². The summed E-state index contributed by atoms with van der Waals surface area (Å²) < 4.78 is 5.40. The van der Waals surface area contributed by atoms with Gasteiger partial charge in [0.1, 0.15) is 12.2 Å². The van der Waals surface area contributed by atoms with Crippen LogP contribution in [0.15, 0.2) is 77.8 Å². The molecule has 1 unspecified atom stereocenters. The molecule has 9 nitrogen and oxygen atoms in total. The van der Waals surface area contributed by atoms with Gasteiger partial charge in [-0.25, -0.2) is 0 Å². The number of hydrogen-bond donors (Lipinski definition) is 5. The second-order valence-corrected chi connectivity index (χ2v) is 10.5. The van der Waals surface area contributed by atoms with Crippen LogP contribution in [0.25, 0.3) is 5.57 Å². The van der Waals surface area contributed by atoms with E-state index >= 15 is 0 Å². The van der Waals surface area contributed by atoms with E-state index in [1.165, 1.54) is 30.4 Å². The second-order valence-electron chi connectivity index (χ2n) is 9.67. The molecule has 0 saturated heterocycles. The topological polar surface area (TPSA) is 159 Å². The van der Waals surface area contributed by atoms with E-state index in [0.717, 1.165) is 5.56 Å². The van der Waals surface area contributed by atoms with Gasteiger partial charge >= 0.3 is 29.6 Å². The summed E-state index contributed by atoms with van der Waals surface area (Å²) in [5.41, 5.74) is 2.57. The van der Waals surface area contributed by atoms with Crippen LogP contribution in [-0.4, -0.2) is 44.4 Å². The zero-order valence-corrected chi connectivity index (χ0v) is 25.9. The Bertz CT molecular complexity index is 1730. The number of hydrogen-bond acceptors (Lipinski definition) is 9. The maximum Gasteiger partial charge on any atom is 1.00 e. The number of benzene rings is 3. The SMILES string of the molecule is Cc1ccc(Cl)c(Nc2ccccc2C(=O)[O-])c1Cl.O=C1C=CC2=C3c4cc(O)c(O)cc4CC3(O)COC2=C1O.[Na+]. The number of ketones is 1. The molecule has 12 heteroatoms. The predicted octanol–water partition coefficient (Wildman–Crippen LogP) is 1.49. The van der Waals surface area contributed by atoms with Crippen LogP contribution < -0.4 is 40.0 Å². The molecule has 0 aromatic heterocycles. The quantitative estimate of drug-likeness (QED) is 0.217. The van der Waals surface area contributed by atoms with Crippen molar-refractivity contribution < 1.29 is 69.4 Å². The normalized spacial score (nSPS) is 18.1. The Morgan fingerprint density at radius 3 is 2.45 bits per heavy atom. The Balaban J connectivity index is 0.000000191. The van der Waals surface area contributed by atoms with Crippen molar-refractivity contribution in [2.45, 2.75) is 18.9 Å². The van der Waals surface area contributed by atoms with E-state index in [2.05, 4.69) is 5.32 Å². The summed E-state index contributed by atoms with van der Waals surface area (Å²) in [7, 11) is 0. The molecule has 3 aromatic carbocycles. The van der Waals surface area contributed by atoms with E-state index in [0.29, 0.717) is 43.7 Å². The van der Waals surface area contributed by atoms with Crippen molar-refractivity contribution in [1.82, 2.24) is 0 Å². The Hall–Kier alpha value is -3.44. The molecule has 3 aliphatic rings. The zero-order chi connectivity index (χ0) is 29.6. The number of nitrogens with one attached hydrogen (secondary N) is 1. The summed E-state index contributed by atoms with van der Waals surface area (Å²) in [4.78, 5) is 22.6. The van der Waals surface area contributed by atoms with Gasteiger partial charge in [0.05, 0.1) is 21.7 Å². The molecule has 0 fully saturated rings. The van der Waals surface area contributed by atoms with E-state index in [1.807, 2.05) is 6.92 Å². The van der Waals surface area contributed by atoms with Crippen LogP contribution in [0.1, 0.15) is 27.0 Å². The number of carbonyl (C=O) groups excluding carboxylic acids is 2. The minimum absolute atomic E-state index is 0. The standard InChI is InChI=1S/C16H12O6.C14H11Cl2NO2.Na/c17-10-2-1-8-13-9-4-12(19)11(18)3-7(9)5-16(13,21)6-22-15(8)14(10)20;1-8-6-7-10(15)13(12(8)16)17-11-5-3-2-4-9(11)14(18)19;/h1-4,18-21H,5-6H2;2-7,17H,1H3,(H,18,19);/q;;+1/p-1. The minimum Gasteiger partial charge on any atom is -0.545 e. The summed E-state index contributed by atoms with van der Waals surface area (Å²) >= 11 is 12.2. The van der Waals surface area contributed by atoms with Gasteiger partial charge in [0.15, 0.2) is 17.3 Å². The Labute approximate surface area is 272 Å².